The molecule has 110 valence electrons. The summed E-state index contributed by atoms with van der Waals surface area (Å²) in [6, 6.07) is 0. The van der Waals surface area contributed by atoms with E-state index in [-0.39, 0.29) is 0 Å². The zero-order valence-electron chi connectivity index (χ0n) is 9.65. The van der Waals surface area contributed by atoms with Crippen molar-refractivity contribution in [3.8, 4) is 0 Å². The Bertz CT molecular complexity index is 342. The Morgan fingerprint density at radius 1 is 1.00 bits per heavy atom. The highest BCUT2D eigenvalue weighted by atomic mass is 16.4. The molecule has 0 saturated carbocycles. The predicted octanol–water partition coefficient (Wildman–Crippen LogP) is -7.14. The lowest BCUT2D eigenvalue weighted by Gasteiger charge is -2.29. The molecule has 0 aromatic carbocycles. The van der Waals surface area contributed by atoms with Gasteiger partial charge in [-0.2, -0.15) is 0 Å². The van der Waals surface area contributed by atoms with Gasteiger partial charge in [0.25, 0.3) is 0 Å². The van der Waals surface area contributed by atoms with Crippen molar-refractivity contribution in [2.24, 2.45) is 0 Å². The first-order valence-electron chi connectivity index (χ1n) is 4.65. The van der Waals surface area contributed by atoms with Gasteiger partial charge in [-0.15, -0.1) is 0 Å². The van der Waals surface area contributed by atoms with E-state index < -0.39 is 48.4 Å². The van der Waals surface area contributed by atoms with Gasteiger partial charge < -0.3 is 49.8 Å². The number of carbonyl (C=O) groups is 4. The maximum absolute atomic E-state index is 10.1. The molecule has 0 aliphatic carbocycles. The molecular formula is C9H10O10-4. The van der Waals surface area contributed by atoms with Gasteiger partial charge in [0.15, 0.2) is 0 Å². The average Bonchev–Trinajstić information content (AvgIpc) is 2.14. The standard InChI is InChI=1S/C6H8O7.C3H6O3/c7-3(8)1-6(13,5(11)12)2-4(9)10;1-2(4)3(5)6/h13H,1-2H2,(H,7,8)(H,9,10)(H,11,12);2,4H,1H3,(H,5,6)/p-4. The summed E-state index contributed by atoms with van der Waals surface area (Å²) in [6.45, 7) is 1.13. The molecule has 0 saturated heterocycles. The van der Waals surface area contributed by atoms with Gasteiger partial charge in [0, 0.05) is 24.8 Å². The summed E-state index contributed by atoms with van der Waals surface area (Å²) in [5.41, 5.74) is -2.97. The Kier molecular flexibility index (Phi) is 8.06. The molecule has 0 aliphatic rings. The molecule has 0 aromatic rings. The summed E-state index contributed by atoms with van der Waals surface area (Å²) in [5.74, 6) is -7.42. The van der Waals surface area contributed by atoms with Crippen LogP contribution in [0.3, 0.4) is 0 Å². The quantitative estimate of drug-likeness (QED) is 0.469. The van der Waals surface area contributed by atoms with Crippen LogP contribution in [0.5, 0.6) is 0 Å². The van der Waals surface area contributed by atoms with Gasteiger partial charge in [-0.3, -0.25) is 0 Å². The van der Waals surface area contributed by atoms with Gasteiger partial charge in [-0.05, 0) is 6.92 Å². The zero-order chi connectivity index (χ0) is 15.8. The number of carboxylic acids is 4. The van der Waals surface area contributed by atoms with E-state index in [0.29, 0.717) is 0 Å². The van der Waals surface area contributed by atoms with Crippen molar-refractivity contribution >= 4 is 23.9 Å². The fourth-order valence-corrected chi connectivity index (χ4v) is 0.684. The first-order valence-corrected chi connectivity index (χ1v) is 4.65. The Balaban J connectivity index is 0. The Hall–Kier alpha value is -2.20. The monoisotopic (exact) mass is 278 g/mol. The van der Waals surface area contributed by atoms with Crippen LogP contribution in [-0.2, 0) is 19.2 Å². The van der Waals surface area contributed by atoms with Gasteiger partial charge in [0.2, 0.25) is 0 Å². The molecule has 0 radical (unpaired) electrons. The molecule has 0 aliphatic heterocycles. The van der Waals surface area contributed by atoms with E-state index in [2.05, 4.69) is 0 Å². The molecule has 0 amide bonds. The Labute approximate surface area is 106 Å². The topological polar surface area (TPSA) is 201 Å². The van der Waals surface area contributed by atoms with Crippen LogP contribution in [0.25, 0.3) is 0 Å². The smallest absolute Gasteiger partial charge is 0.114 e. The number of aliphatic carboxylic acids is 4. The normalized spacial score (nSPS) is 11.7. The molecule has 19 heavy (non-hydrogen) atoms. The number of hydrogen-bond donors (Lipinski definition) is 2. The minimum Gasteiger partial charge on any atom is -0.550 e. The highest BCUT2D eigenvalue weighted by Crippen LogP contribution is 2.13. The van der Waals surface area contributed by atoms with Crippen molar-refractivity contribution < 1.29 is 49.8 Å². The highest BCUT2D eigenvalue weighted by Gasteiger charge is 2.29. The molecule has 0 heterocycles. The fourth-order valence-electron chi connectivity index (χ4n) is 0.684. The number of carboxylic acid groups (broad SMARTS) is 4. The molecule has 0 rings (SSSR count). The van der Waals surface area contributed by atoms with E-state index in [1.165, 1.54) is 0 Å². The van der Waals surface area contributed by atoms with Crippen LogP contribution < -0.4 is 20.4 Å². The lowest BCUT2D eigenvalue weighted by atomic mass is 9.96. The maximum Gasteiger partial charge on any atom is 0.114 e. The highest BCUT2D eigenvalue weighted by molar-refractivity contribution is 5.86. The summed E-state index contributed by atoms with van der Waals surface area (Å²) in [5, 5.41) is 56.2. The lowest BCUT2D eigenvalue weighted by Crippen LogP contribution is -2.54. The van der Waals surface area contributed by atoms with Crippen molar-refractivity contribution in [3.63, 3.8) is 0 Å². The summed E-state index contributed by atoms with van der Waals surface area (Å²) >= 11 is 0. The van der Waals surface area contributed by atoms with E-state index in [4.69, 9.17) is 10.2 Å². The summed E-state index contributed by atoms with van der Waals surface area (Å²) in [4.78, 5) is 39.3. The maximum atomic E-state index is 10.1. The molecule has 0 fully saturated rings. The van der Waals surface area contributed by atoms with Crippen LogP contribution in [0.1, 0.15) is 19.8 Å². The molecule has 0 bridgehead atoms. The van der Waals surface area contributed by atoms with Crippen molar-refractivity contribution in [3.05, 3.63) is 0 Å². The third kappa shape index (κ3) is 9.50. The van der Waals surface area contributed by atoms with Gasteiger partial charge >= 0.3 is 0 Å². The second-order valence-electron chi connectivity index (χ2n) is 3.41. The van der Waals surface area contributed by atoms with Gasteiger partial charge in [-0.25, -0.2) is 0 Å². The number of carbonyl (C=O) groups excluding carboxylic acids is 4. The first kappa shape index (κ1) is 19.1. The van der Waals surface area contributed by atoms with Crippen LogP contribution >= 0.6 is 0 Å². The third-order valence-electron chi connectivity index (χ3n) is 1.59. The second-order valence-corrected chi connectivity index (χ2v) is 3.41. The van der Waals surface area contributed by atoms with Crippen LogP contribution in [0.2, 0.25) is 0 Å². The SMILES string of the molecule is CC(O)C(=O)[O-].O=C([O-])CC(O)(CC(=O)[O-])C(=O)[O-]. The fraction of sp³-hybridized carbons (Fsp3) is 0.556. The number of aliphatic hydroxyl groups excluding tert-OH is 1. The van der Waals surface area contributed by atoms with Gasteiger partial charge in [-0.1, -0.05) is 0 Å². The molecule has 2 N–H and O–H groups in total. The van der Waals surface area contributed by atoms with Crippen molar-refractivity contribution in [1.82, 2.24) is 0 Å². The molecular weight excluding hydrogens is 268 g/mol. The summed E-state index contributed by atoms with van der Waals surface area (Å²) in [7, 11) is 0. The van der Waals surface area contributed by atoms with Crippen LogP contribution in [-0.4, -0.2) is 45.8 Å². The van der Waals surface area contributed by atoms with E-state index in [1.54, 1.807) is 0 Å². The van der Waals surface area contributed by atoms with E-state index in [9.17, 15) is 39.6 Å². The number of hydrogen-bond acceptors (Lipinski definition) is 10. The third-order valence-corrected chi connectivity index (χ3v) is 1.59. The minimum absolute atomic E-state index is 1.13. The summed E-state index contributed by atoms with van der Waals surface area (Å²) < 4.78 is 0. The zero-order valence-corrected chi connectivity index (χ0v) is 9.65. The molecule has 0 aromatic heterocycles. The second kappa shape index (κ2) is 8.00. The van der Waals surface area contributed by atoms with E-state index >= 15 is 0 Å². The molecule has 1 atom stereocenters. The Morgan fingerprint density at radius 3 is 1.37 bits per heavy atom. The lowest BCUT2D eigenvalue weighted by molar-refractivity contribution is -0.339. The predicted molar refractivity (Wildman–Crippen MR) is 45.9 cm³/mol. The van der Waals surface area contributed by atoms with Crippen LogP contribution in [0.15, 0.2) is 0 Å². The number of aliphatic hydroxyl groups is 2. The molecule has 10 heteroatoms. The largest absolute Gasteiger partial charge is 0.550 e. The number of rotatable bonds is 6. The van der Waals surface area contributed by atoms with E-state index in [0.717, 1.165) is 6.92 Å². The van der Waals surface area contributed by atoms with Crippen LogP contribution in [0.4, 0.5) is 0 Å². The van der Waals surface area contributed by atoms with Gasteiger partial charge in [0.05, 0.1) is 18.0 Å². The minimum atomic E-state index is -2.97. The molecule has 0 spiro atoms. The van der Waals surface area contributed by atoms with Crippen LogP contribution in [0, 0.1) is 0 Å². The van der Waals surface area contributed by atoms with Gasteiger partial charge in [0.1, 0.15) is 5.60 Å². The van der Waals surface area contributed by atoms with Crippen molar-refractivity contribution in [1.29, 1.82) is 0 Å². The Morgan fingerprint density at radius 2 is 1.26 bits per heavy atom. The summed E-state index contributed by atoms with van der Waals surface area (Å²) in [6.07, 6.45) is -4.06. The van der Waals surface area contributed by atoms with Crippen molar-refractivity contribution in [2.75, 3.05) is 0 Å². The van der Waals surface area contributed by atoms with E-state index in [1.807, 2.05) is 0 Å². The average molecular weight is 278 g/mol. The first-order chi connectivity index (χ1) is 8.42. The molecule has 1 unspecified atom stereocenters. The van der Waals surface area contributed by atoms with Crippen molar-refractivity contribution in [2.45, 2.75) is 31.5 Å². The molecule has 10 nitrogen and oxygen atoms in total.